The number of H-pyrrole nitrogens is 1. The zero-order valence-corrected chi connectivity index (χ0v) is 13.8. The molecule has 3 aromatic rings. The van der Waals surface area contributed by atoms with E-state index in [-0.39, 0.29) is 11.5 Å². The molecule has 1 heterocycles. The van der Waals surface area contributed by atoms with Crippen LogP contribution in [-0.4, -0.2) is 15.9 Å². The molecule has 0 aliphatic carbocycles. The van der Waals surface area contributed by atoms with E-state index in [1.165, 1.54) is 0 Å². The monoisotopic (exact) mass is 380 g/mol. The first-order valence-electron chi connectivity index (χ1n) is 7.33. The van der Waals surface area contributed by atoms with Gasteiger partial charge in [0.25, 0.3) is 5.91 Å². The Morgan fingerprint density at radius 1 is 1.15 bits per heavy atom. The molecular weight excluding hydrogens is 369 g/mol. The number of anilines is 2. The highest BCUT2D eigenvalue weighted by Gasteiger charge is 2.33. The molecule has 1 aromatic heterocycles. The summed E-state index contributed by atoms with van der Waals surface area (Å²) in [5, 5.41) is 2.06. The number of imidazole rings is 1. The Bertz CT molecular complexity index is 951. The molecule has 2 aromatic carbocycles. The van der Waals surface area contributed by atoms with E-state index in [1.807, 2.05) is 0 Å². The zero-order valence-electron chi connectivity index (χ0n) is 13.1. The van der Waals surface area contributed by atoms with Crippen molar-refractivity contribution in [1.29, 1.82) is 0 Å². The van der Waals surface area contributed by atoms with Crippen LogP contribution in [0, 0.1) is 0 Å². The number of amides is 1. The molecule has 9 heteroatoms. The fourth-order valence-electron chi connectivity index (χ4n) is 2.30. The average molecular weight is 381 g/mol. The molecule has 0 aliphatic rings. The minimum absolute atomic E-state index is 0.0205. The Kier molecular flexibility index (Phi) is 4.60. The number of halogens is 4. The smallest absolute Gasteiger partial charge is 0.369 e. The minimum atomic E-state index is -4.57. The molecule has 0 saturated heterocycles. The van der Waals surface area contributed by atoms with Crippen LogP contribution in [0.5, 0.6) is 0 Å². The van der Waals surface area contributed by atoms with Crippen molar-refractivity contribution in [2.45, 2.75) is 6.18 Å². The Labute approximate surface area is 151 Å². The molecule has 0 radical (unpaired) electrons. The number of nitrogens with two attached hydrogens (primary N) is 1. The third kappa shape index (κ3) is 3.80. The number of alkyl halides is 3. The molecule has 0 spiro atoms. The van der Waals surface area contributed by atoms with Crippen molar-refractivity contribution in [3.63, 3.8) is 0 Å². The number of nitrogen functional groups attached to an aromatic ring is 1. The van der Waals surface area contributed by atoms with Crippen LogP contribution >= 0.6 is 11.6 Å². The number of carbonyl (C=O) groups is 1. The highest BCUT2D eigenvalue weighted by molar-refractivity contribution is 6.32. The number of hydrogen-bond donors (Lipinski definition) is 3. The van der Waals surface area contributed by atoms with Gasteiger partial charge >= 0.3 is 6.18 Å². The van der Waals surface area contributed by atoms with Crippen LogP contribution in [0.1, 0.15) is 15.9 Å². The van der Waals surface area contributed by atoms with Crippen molar-refractivity contribution in [1.82, 2.24) is 9.97 Å². The molecular formula is C17H12ClF3N4O. The second kappa shape index (κ2) is 6.72. The molecule has 0 fully saturated rings. The molecule has 0 unspecified atom stereocenters. The van der Waals surface area contributed by atoms with Crippen LogP contribution < -0.4 is 11.1 Å². The van der Waals surface area contributed by atoms with Crippen molar-refractivity contribution < 1.29 is 18.0 Å². The molecule has 5 nitrogen and oxygen atoms in total. The van der Waals surface area contributed by atoms with Crippen LogP contribution in [0.2, 0.25) is 5.02 Å². The third-order valence-electron chi connectivity index (χ3n) is 3.57. The number of nitrogens with zero attached hydrogens (tertiary/aromatic N) is 1. The maximum absolute atomic E-state index is 12.7. The Hall–Kier alpha value is -3.00. The van der Waals surface area contributed by atoms with Crippen molar-refractivity contribution in [2.75, 3.05) is 11.1 Å². The van der Waals surface area contributed by atoms with Gasteiger partial charge < -0.3 is 16.0 Å². The van der Waals surface area contributed by atoms with Crippen molar-refractivity contribution in [3.8, 4) is 11.3 Å². The highest BCUT2D eigenvalue weighted by atomic mass is 35.5. The van der Waals surface area contributed by atoms with Gasteiger partial charge in [0.15, 0.2) is 5.95 Å². The zero-order chi connectivity index (χ0) is 18.9. The van der Waals surface area contributed by atoms with E-state index in [9.17, 15) is 18.0 Å². The summed E-state index contributed by atoms with van der Waals surface area (Å²) in [6, 6.07) is 9.58. The molecule has 0 saturated carbocycles. The summed E-state index contributed by atoms with van der Waals surface area (Å²) in [5.74, 6) is -0.283. The van der Waals surface area contributed by atoms with Gasteiger partial charge in [-0.05, 0) is 30.3 Å². The first-order valence-corrected chi connectivity index (χ1v) is 7.71. The lowest BCUT2D eigenvalue weighted by Gasteiger charge is -2.11. The molecule has 0 bridgehead atoms. The molecule has 1 amide bonds. The lowest BCUT2D eigenvalue weighted by molar-refractivity contribution is -0.137. The lowest BCUT2D eigenvalue weighted by Crippen LogP contribution is -2.13. The van der Waals surface area contributed by atoms with E-state index in [0.29, 0.717) is 11.4 Å². The average Bonchev–Trinajstić information content (AvgIpc) is 3.00. The van der Waals surface area contributed by atoms with Crippen LogP contribution in [0.3, 0.4) is 0 Å². The van der Waals surface area contributed by atoms with E-state index >= 15 is 0 Å². The molecule has 26 heavy (non-hydrogen) atoms. The summed E-state index contributed by atoms with van der Waals surface area (Å²) in [6.45, 7) is 0. The van der Waals surface area contributed by atoms with Crippen LogP contribution in [0.15, 0.2) is 48.7 Å². The minimum Gasteiger partial charge on any atom is -0.369 e. The number of nitrogens with one attached hydrogen (secondary N) is 2. The summed E-state index contributed by atoms with van der Waals surface area (Å²) in [6.07, 6.45) is -2.93. The van der Waals surface area contributed by atoms with E-state index in [1.54, 1.807) is 30.5 Å². The van der Waals surface area contributed by atoms with Gasteiger partial charge in [-0.2, -0.15) is 13.2 Å². The largest absolute Gasteiger partial charge is 0.417 e. The van der Waals surface area contributed by atoms with E-state index in [4.69, 9.17) is 17.3 Å². The fraction of sp³-hybridized carbons (Fsp3) is 0.0588. The summed E-state index contributed by atoms with van der Waals surface area (Å²) in [4.78, 5) is 19.0. The lowest BCUT2D eigenvalue weighted by atomic mass is 10.1. The van der Waals surface area contributed by atoms with E-state index in [0.717, 1.165) is 23.8 Å². The standard InChI is InChI=1S/C17H12ClF3N4O/c18-13-7-10(3-6-12(13)17(19,20)21)15(26)24-11-4-1-9(2-5-11)14-8-23-16(22)25-14/h1-8H,(H,24,26)(H3,22,23,25). The summed E-state index contributed by atoms with van der Waals surface area (Å²) < 4.78 is 38.1. The third-order valence-corrected chi connectivity index (χ3v) is 3.89. The second-order valence-corrected chi connectivity index (χ2v) is 5.80. The predicted molar refractivity (Wildman–Crippen MR) is 92.8 cm³/mol. The SMILES string of the molecule is Nc1nc(-c2ccc(NC(=O)c3ccc(C(F)(F)F)c(Cl)c3)cc2)c[nH]1. The normalized spacial score (nSPS) is 11.4. The Balaban J connectivity index is 1.75. The van der Waals surface area contributed by atoms with Gasteiger partial charge in [-0.25, -0.2) is 4.98 Å². The summed E-state index contributed by atoms with van der Waals surface area (Å²) in [5.41, 5.74) is 6.46. The molecule has 0 aliphatic heterocycles. The Morgan fingerprint density at radius 3 is 2.38 bits per heavy atom. The van der Waals surface area contributed by atoms with Gasteiger partial charge in [0.05, 0.1) is 16.3 Å². The maximum Gasteiger partial charge on any atom is 0.417 e. The van der Waals surface area contributed by atoms with Crippen LogP contribution in [-0.2, 0) is 6.18 Å². The highest BCUT2D eigenvalue weighted by Crippen LogP contribution is 2.35. The molecule has 0 atom stereocenters. The van der Waals surface area contributed by atoms with E-state index in [2.05, 4.69) is 15.3 Å². The summed E-state index contributed by atoms with van der Waals surface area (Å²) in [7, 11) is 0. The van der Waals surface area contributed by atoms with Crippen LogP contribution in [0.4, 0.5) is 24.8 Å². The van der Waals surface area contributed by atoms with Gasteiger partial charge in [0, 0.05) is 23.0 Å². The fourth-order valence-corrected chi connectivity index (χ4v) is 2.59. The predicted octanol–water partition coefficient (Wildman–Crippen LogP) is 4.58. The second-order valence-electron chi connectivity index (χ2n) is 5.39. The molecule has 134 valence electrons. The van der Waals surface area contributed by atoms with Gasteiger partial charge in [0.2, 0.25) is 0 Å². The number of aromatic nitrogens is 2. The number of rotatable bonds is 3. The maximum atomic E-state index is 12.7. The number of aromatic amines is 1. The van der Waals surface area contributed by atoms with Gasteiger partial charge in [-0.1, -0.05) is 23.7 Å². The van der Waals surface area contributed by atoms with Crippen molar-refractivity contribution >= 4 is 29.1 Å². The topological polar surface area (TPSA) is 83.8 Å². The quantitative estimate of drug-likeness (QED) is 0.621. The van der Waals surface area contributed by atoms with Crippen molar-refractivity contribution in [3.05, 3.63) is 64.8 Å². The summed E-state index contributed by atoms with van der Waals surface area (Å²) >= 11 is 5.63. The molecule has 4 N–H and O–H groups in total. The number of benzene rings is 2. The van der Waals surface area contributed by atoms with Gasteiger partial charge in [-0.3, -0.25) is 4.79 Å². The van der Waals surface area contributed by atoms with Gasteiger partial charge in [0.1, 0.15) is 0 Å². The first kappa shape index (κ1) is 17.8. The van der Waals surface area contributed by atoms with Gasteiger partial charge in [-0.15, -0.1) is 0 Å². The molecule has 3 rings (SSSR count). The van der Waals surface area contributed by atoms with Crippen LogP contribution in [0.25, 0.3) is 11.3 Å². The first-order chi connectivity index (χ1) is 12.2. The van der Waals surface area contributed by atoms with Crippen molar-refractivity contribution in [2.24, 2.45) is 0 Å². The van der Waals surface area contributed by atoms with E-state index < -0.39 is 22.7 Å². The number of hydrogen-bond acceptors (Lipinski definition) is 3. The Morgan fingerprint density at radius 2 is 1.85 bits per heavy atom. The number of carbonyl (C=O) groups excluding carboxylic acids is 1.